The van der Waals surface area contributed by atoms with Crippen LogP contribution in [0.25, 0.3) is 0 Å². The number of carbonyl (C=O) groups excluding carboxylic acids is 1. The van der Waals surface area contributed by atoms with Gasteiger partial charge in [-0.05, 0) is 31.5 Å². The normalized spacial score (nSPS) is 10.3. The van der Waals surface area contributed by atoms with Gasteiger partial charge in [-0.15, -0.1) is 11.3 Å². The topological polar surface area (TPSA) is 52.9 Å². The summed E-state index contributed by atoms with van der Waals surface area (Å²) in [5.41, 5.74) is 0.379. The molecule has 0 bridgehead atoms. The molecule has 108 valence electrons. The summed E-state index contributed by atoms with van der Waals surface area (Å²) >= 11 is 4.14. The molecule has 2 aromatic rings. The number of hydrogen-bond acceptors (Lipinski definition) is 3. The predicted octanol–water partition coefficient (Wildman–Crippen LogP) is 4.53. The van der Waals surface area contributed by atoms with Crippen LogP contribution in [0.2, 0.25) is 0 Å². The Kier molecular flexibility index (Phi) is 4.40. The maximum atomic E-state index is 13.7. The summed E-state index contributed by atoms with van der Waals surface area (Å²) < 4.78 is 27.7. The second-order valence-electron chi connectivity index (χ2n) is 4.30. The van der Waals surface area contributed by atoms with Gasteiger partial charge in [0, 0.05) is 9.35 Å². The number of hydrogen-bond donors (Lipinski definition) is 1. The molecule has 0 saturated carbocycles. The molecular weight excluding hydrogens is 362 g/mol. The Morgan fingerprint density at radius 2 is 1.90 bits per heavy atom. The summed E-state index contributed by atoms with van der Waals surface area (Å²) in [5.74, 6) is -2.86. The lowest BCUT2D eigenvalue weighted by Gasteiger charge is -2.06. The van der Waals surface area contributed by atoms with Gasteiger partial charge in [0.05, 0.1) is 5.56 Å². The van der Waals surface area contributed by atoms with Crippen LogP contribution < -0.4 is 5.32 Å². The molecule has 0 aliphatic rings. The van der Waals surface area contributed by atoms with E-state index >= 15 is 0 Å². The number of carbonyl (C=O) groups is 1. The molecule has 1 amide bonds. The lowest BCUT2D eigenvalue weighted by molar-refractivity contribution is 0.101. The van der Waals surface area contributed by atoms with Crippen molar-refractivity contribution in [3.63, 3.8) is 0 Å². The maximum absolute atomic E-state index is 13.7. The van der Waals surface area contributed by atoms with Crippen LogP contribution in [0.1, 0.15) is 26.4 Å². The van der Waals surface area contributed by atoms with Crippen LogP contribution >= 0.6 is 27.3 Å². The molecule has 3 nitrogen and oxygen atoms in total. The van der Waals surface area contributed by atoms with Crippen LogP contribution in [0.15, 0.2) is 16.6 Å². The standard InChI is InChI=1S/C14H9BrF2N2OS/c1-6-7(2)21-14(9(6)5-18)19-13(20)12-10(16)3-8(15)4-11(12)17/h3-4H,1-2H3,(H,19,20). The Hall–Kier alpha value is -1.78. The zero-order chi connectivity index (χ0) is 15.7. The Bertz CT molecular complexity index is 757. The average Bonchev–Trinajstić information content (AvgIpc) is 2.62. The number of halogens is 3. The van der Waals surface area contributed by atoms with Crippen molar-refractivity contribution in [1.82, 2.24) is 0 Å². The molecule has 0 atom stereocenters. The first-order valence-corrected chi connectivity index (χ1v) is 7.42. The largest absolute Gasteiger partial charge is 0.312 e. The van der Waals surface area contributed by atoms with Gasteiger partial charge in [0.25, 0.3) is 5.91 Å². The molecule has 7 heteroatoms. The third kappa shape index (κ3) is 2.96. The Morgan fingerprint density at radius 3 is 2.43 bits per heavy atom. The number of nitrogens with one attached hydrogen (secondary N) is 1. The number of thiophene rings is 1. The highest BCUT2D eigenvalue weighted by Gasteiger charge is 2.21. The molecule has 1 aromatic heterocycles. The fraction of sp³-hybridized carbons (Fsp3) is 0.143. The minimum absolute atomic E-state index is 0.203. The van der Waals surface area contributed by atoms with E-state index in [1.165, 1.54) is 11.3 Å². The first-order chi connectivity index (χ1) is 9.85. The van der Waals surface area contributed by atoms with Crippen molar-refractivity contribution in [2.75, 3.05) is 5.32 Å². The fourth-order valence-electron chi connectivity index (χ4n) is 1.77. The summed E-state index contributed by atoms with van der Waals surface area (Å²) in [7, 11) is 0. The quantitative estimate of drug-likeness (QED) is 0.843. The van der Waals surface area contributed by atoms with E-state index in [-0.39, 0.29) is 4.47 Å². The number of amides is 1. The van der Waals surface area contributed by atoms with Gasteiger partial charge in [0.2, 0.25) is 0 Å². The highest BCUT2D eigenvalue weighted by Crippen LogP contribution is 2.32. The van der Waals surface area contributed by atoms with Crippen molar-refractivity contribution >= 4 is 38.2 Å². The van der Waals surface area contributed by atoms with Crippen LogP contribution in [0.4, 0.5) is 13.8 Å². The van der Waals surface area contributed by atoms with Crippen LogP contribution in [0, 0.1) is 36.8 Å². The van der Waals surface area contributed by atoms with Gasteiger partial charge in [-0.25, -0.2) is 8.78 Å². The predicted molar refractivity (Wildman–Crippen MR) is 80.5 cm³/mol. The highest BCUT2D eigenvalue weighted by atomic mass is 79.9. The molecule has 0 aliphatic heterocycles. The summed E-state index contributed by atoms with van der Waals surface area (Å²) in [6.45, 7) is 3.55. The molecule has 0 saturated heterocycles. The van der Waals surface area contributed by atoms with E-state index in [0.29, 0.717) is 10.6 Å². The molecule has 1 N–H and O–H groups in total. The van der Waals surface area contributed by atoms with Crippen molar-refractivity contribution in [3.05, 3.63) is 49.8 Å². The van der Waals surface area contributed by atoms with Gasteiger partial charge >= 0.3 is 0 Å². The number of rotatable bonds is 2. The zero-order valence-corrected chi connectivity index (χ0v) is 13.5. The maximum Gasteiger partial charge on any atom is 0.262 e. The summed E-state index contributed by atoms with van der Waals surface area (Å²) in [5, 5.41) is 11.8. The summed E-state index contributed by atoms with van der Waals surface area (Å²) in [6, 6.07) is 4.00. The van der Waals surface area contributed by atoms with Gasteiger partial charge in [-0.3, -0.25) is 4.79 Å². The molecule has 0 radical (unpaired) electrons. The average molecular weight is 371 g/mol. The van der Waals surface area contributed by atoms with Crippen LogP contribution in [-0.2, 0) is 0 Å². The second kappa shape index (κ2) is 5.92. The monoisotopic (exact) mass is 370 g/mol. The number of aryl methyl sites for hydroxylation is 1. The molecule has 0 aliphatic carbocycles. The molecule has 21 heavy (non-hydrogen) atoms. The Morgan fingerprint density at radius 1 is 1.33 bits per heavy atom. The van der Waals surface area contributed by atoms with Gasteiger partial charge in [0.15, 0.2) is 0 Å². The number of nitriles is 1. The molecule has 0 fully saturated rings. The van der Waals surface area contributed by atoms with Crippen molar-refractivity contribution in [1.29, 1.82) is 5.26 Å². The highest BCUT2D eigenvalue weighted by molar-refractivity contribution is 9.10. The third-order valence-electron chi connectivity index (χ3n) is 2.96. The fourth-order valence-corrected chi connectivity index (χ4v) is 3.18. The first-order valence-electron chi connectivity index (χ1n) is 5.81. The first kappa shape index (κ1) is 15.6. The lowest BCUT2D eigenvalue weighted by Crippen LogP contribution is -2.15. The molecule has 1 heterocycles. The lowest BCUT2D eigenvalue weighted by atomic mass is 10.1. The van der Waals surface area contributed by atoms with Crippen molar-refractivity contribution < 1.29 is 13.6 Å². The van der Waals surface area contributed by atoms with Gasteiger partial charge < -0.3 is 5.32 Å². The second-order valence-corrected chi connectivity index (χ2v) is 6.44. The van der Waals surface area contributed by atoms with Crippen molar-refractivity contribution in [2.45, 2.75) is 13.8 Å². The molecule has 0 spiro atoms. The van der Waals surface area contributed by atoms with Gasteiger partial charge in [-0.1, -0.05) is 15.9 Å². The van der Waals surface area contributed by atoms with Crippen LogP contribution in [0.3, 0.4) is 0 Å². The SMILES string of the molecule is Cc1sc(NC(=O)c2c(F)cc(Br)cc2F)c(C#N)c1C. The van der Waals surface area contributed by atoms with E-state index in [1.54, 1.807) is 13.8 Å². The van der Waals surface area contributed by atoms with Gasteiger partial charge in [0.1, 0.15) is 28.3 Å². The molecular formula is C14H9BrF2N2OS. The summed E-state index contributed by atoms with van der Waals surface area (Å²) in [6.07, 6.45) is 0. The number of anilines is 1. The Labute approximate surface area is 132 Å². The molecule has 2 rings (SSSR count). The minimum Gasteiger partial charge on any atom is -0.312 e. The smallest absolute Gasteiger partial charge is 0.262 e. The van der Waals surface area contributed by atoms with E-state index < -0.39 is 23.1 Å². The number of nitrogens with zero attached hydrogens (tertiary/aromatic N) is 1. The van der Waals surface area contributed by atoms with Gasteiger partial charge in [-0.2, -0.15) is 5.26 Å². The molecule has 1 aromatic carbocycles. The van der Waals surface area contributed by atoms with Crippen LogP contribution in [0.5, 0.6) is 0 Å². The van der Waals surface area contributed by atoms with Crippen LogP contribution in [-0.4, -0.2) is 5.91 Å². The van der Waals surface area contributed by atoms with E-state index in [9.17, 15) is 13.6 Å². The third-order valence-corrected chi connectivity index (χ3v) is 4.54. The zero-order valence-electron chi connectivity index (χ0n) is 11.1. The minimum atomic E-state index is -0.970. The number of benzene rings is 1. The summed E-state index contributed by atoms with van der Waals surface area (Å²) in [4.78, 5) is 12.9. The van der Waals surface area contributed by atoms with E-state index in [2.05, 4.69) is 21.2 Å². The van der Waals surface area contributed by atoms with E-state index in [1.807, 2.05) is 6.07 Å². The Balaban J connectivity index is 2.40. The molecule has 0 unspecified atom stereocenters. The van der Waals surface area contributed by atoms with Crippen molar-refractivity contribution in [3.8, 4) is 6.07 Å². The van der Waals surface area contributed by atoms with E-state index in [4.69, 9.17) is 5.26 Å². The van der Waals surface area contributed by atoms with E-state index in [0.717, 1.165) is 22.6 Å². The van der Waals surface area contributed by atoms with Crippen molar-refractivity contribution in [2.24, 2.45) is 0 Å².